The van der Waals surface area contributed by atoms with Crippen LogP contribution in [0.15, 0.2) is 36.4 Å². The highest BCUT2D eigenvalue weighted by molar-refractivity contribution is 5.97. The minimum Gasteiger partial charge on any atom is -0.872 e. The zero-order chi connectivity index (χ0) is 21.7. The number of hydrogen-bond donors (Lipinski definition) is 2. The Morgan fingerprint density at radius 3 is 2.27 bits per heavy atom. The van der Waals surface area contributed by atoms with Gasteiger partial charge in [0.1, 0.15) is 0 Å². The van der Waals surface area contributed by atoms with Gasteiger partial charge in [-0.05, 0) is 36.6 Å². The maximum Gasteiger partial charge on any atom is 0.335 e. The SMILES string of the molecule is COc1cc2c(cc1OC)C(C)=[NH+]C1(CCCCC1)C2.O=C(O)c1ccccc1[O-]. The van der Waals surface area contributed by atoms with Crippen molar-refractivity contribution in [3.63, 3.8) is 0 Å². The van der Waals surface area contributed by atoms with Crippen molar-refractivity contribution in [3.05, 3.63) is 53.1 Å². The largest absolute Gasteiger partial charge is 0.872 e. The zero-order valence-electron chi connectivity index (χ0n) is 17.8. The van der Waals surface area contributed by atoms with Crippen molar-refractivity contribution in [3.8, 4) is 17.2 Å². The second-order valence-electron chi connectivity index (χ2n) is 7.93. The second kappa shape index (κ2) is 9.20. The van der Waals surface area contributed by atoms with Gasteiger partial charge in [0, 0.05) is 31.7 Å². The number of carboxylic acid groups (broad SMARTS) is 1. The van der Waals surface area contributed by atoms with Gasteiger partial charge in [-0.25, -0.2) is 9.79 Å². The topological polar surface area (TPSA) is 92.8 Å². The van der Waals surface area contributed by atoms with Gasteiger partial charge in [0.25, 0.3) is 0 Å². The lowest BCUT2D eigenvalue weighted by molar-refractivity contribution is -0.561. The third-order valence-electron chi connectivity index (χ3n) is 5.92. The predicted octanol–water partition coefficient (Wildman–Crippen LogP) is 2.31. The van der Waals surface area contributed by atoms with Gasteiger partial charge in [0.2, 0.25) is 0 Å². The molecule has 0 amide bonds. The molecule has 2 N–H and O–H groups in total. The summed E-state index contributed by atoms with van der Waals surface area (Å²) in [6, 6.07) is 9.80. The smallest absolute Gasteiger partial charge is 0.335 e. The monoisotopic (exact) mass is 411 g/mol. The van der Waals surface area contributed by atoms with Gasteiger partial charge in [0.15, 0.2) is 22.7 Å². The van der Waals surface area contributed by atoms with Crippen LogP contribution in [0, 0.1) is 0 Å². The fraction of sp³-hybridized carbons (Fsp3) is 0.417. The van der Waals surface area contributed by atoms with Crippen molar-refractivity contribution in [2.24, 2.45) is 0 Å². The van der Waals surface area contributed by atoms with Gasteiger partial charge in [-0.15, -0.1) is 0 Å². The fourth-order valence-electron chi connectivity index (χ4n) is 4.46. The molecule has 0 atom stereocenters. The summed E-state index contributed by atoms with van der Waals surface area (Å²) in [6.45, 7) is 2.18. The summed E-state index contributed by atoms with van der Waals surface area (Å²) in [5.74, 6) is 0.0273. The maximum atomic E-state index is 10.7. The van der Waals surface area contributed by atoms with Crippen LogP contribution < -0.4 is 19.6 Å². The van der Waals surface area contributed by atoms with E-state index in [1.807, 2.05) is 0 Å². The Bertz CT molecular complexity index is 945. The van der Waals surface area contributed by atoms with Crippen LogP contribution in [0.3, 0.4) is 0 Å². The third-order valence-corrected chi connectivity index (χ3v) is 5.92. The molecule has 0 bridgehead atoms. The Morgan fingerprint density at radius 1 is 1.07 bits per heavy atom. The van der Waals surface area contributed by atoms with Gasteiger partial charge < -0.3 is 19.7 Å². The number of fused-ring (bicyclic) bond motifs is 1. The number of nitrogens with one attached hydrogen (secondary N) is 1. The predicted molar refractivity (Wildman–Crippen MR) is 113 cm³/mol. The maximum absolute atomic E-state index is 10.7. The first kappa shape index (κ1) is 21.7. The summed E-state index contributed by atoms with van der Waals surface area (Å²) < 4.78 is 10.9. The van der Waals surface area contributed by atoms with E-state index in [1.54, 1.807) is 14.2 Å². The molecule has 2 aromatic rings. The number of hydrogen-bond acceptors (Lipinski definition) is 4. The Labute approximate surface area is 177 Å². The van der Waals surface area contributed by atoms with E-state index in [-0.39, 0.29) is 11.1 Å². The highest BCUT2D eigenvalue weighted by atomic mass is 16.5. The van der Waals surface area contributed by atoms with Crippen LogP contribution in [0.1, 0.15) is 60.5 Å². The van der Waals surface area contributed by atoms with Crippen LogP contribution in [0.5, 0.6) is 17.2 Å². The molecule has 30 heavy (non-hydrogen) atoms. The lowest BCUT2D eigenvalue weighted by Gasteiger charge is -2.33. The van der Waals surface area contributed by atoms with E-state index in [0.717, 1.165) is 17.9 Å². The fourth-order valence-corrected chi connectivity index (χ4v) is 4.46. The lowest BCUT2D eigenvalue weighted by Crippen LogP contribution is -2.89. The molecule has 160 valence electrons. The molecular weight excluding hydrogens is 382 g/mol. The number of ether oxygens (including phenoxy) is 2. The van der Waals surface area contributed by atoms with Gasteiger partial charge in [0.05, 0.1) is 19.8 Å². The van der Waals surface area contributed by atoms with E-state index in [4.69, 9.17) is 14.6 Å². The summed E-state index contributed by atoms with van der Waals surface area (Å²) in [5.41, 5.74) is 4.03. The first-order valence-corrected chi connectivity index (χ1v) is 10.3. The molecule has 1 fully saturated rings. The van der Waals surface area contributed by atoms with Gasteiger partial charge >= 0.3 is 5.97 Å². The van der Waals surface area contributed by atoms with Crippen LogP contribution in [-0.4, -0.2) is 36.5 Å². The van der Waals surface area contributed by atoms with Crippen LogP contribution in [-0.2, 0) is 6.42 Å². The number of benzene rings is 2. The molecule has 1 aliphatic carbocycles. The molecule has 0 saturated heterocycles. The lowest BCUT2D eigenvalue weighted by atomic mass is 9.75. The molecule has 0 unspecified atom stereocenters. The normalized spacial score (nSPS) is 16.6. The van der Waals surface area contributed by atoms with Gasteiger partial charge in [-0.1, -0.05) is 30.4 Å². The van der Waals surface area contributed by atoms with Crippen molar-refractivity contribution >= 4 is 11.7 Å². The van der Waals surface area contributed by atoms with Crippen LogP contribution in [0.25, 0.3) is 0 Å². The summed E-state index contributed by atoms with van der Waals surface area (Å²) in [7, 11) is 3.40. The average molecular weight is 411 g/mol. The second-order valence-corrected chi connectivity index (χ2v) is 7.93. The first-order chi connectivity index (χ1) is 14.4. The molecule has 1 aliphatic heterocycles. The molecule has 0 radical (unpaired) electrons. The van der Waals surface area contributed by atoms with E-state index >= 15 is 0 Å². The van der Waals surface area contributed by atoms with Crippen molar-refractivity contribution in [1.29, 1.82) is 0 Å². The number of carboxylic acids is 1. The number of para-hydroxylation sites is 1. The number of carbonyl (C=O) groups is 1. The standard InChI is InChI=1S/C17H23NO2.C7H6O3/c1-12-14-10-16(20-3)15(19-2)9-13(14)11-17(18-12)7-5-4-6-8-17;8-6-4-2-1-3-5(6)7(9)10/h9-10H,4-8,11H2,1-3H3;1-4,8H,(H,9,10). The Balaban J connectivity index is 0.000000216. The van der Waals surface area contributed by atoms with Crippen molar-refractivity contribution in [2.75, 3.05) is 14.2 Å². The molecule has 2 aliphatic rings. The average Bonchev–Trinajstić information content (AvgIpc) is 2.74. The minimum atomic E-state index is -1.18. The molecule has 1 heterocycles. The summed E-state index contributed by atoms with van der Waals surface area (Å²) in [5, 5.41) is 19.0. The quantitative estimate of drug-likeness (QED) is 0.809. The Kier molecular flexibility index (Phi) is 6.65. The Morgan fingerprint density at radius 2 is 1.70 bits per heavy atom. The first-order valence-electron chi connectivity index (χ1n) is 10.3. The molecule has 6 heteroatoms. The van der Waals surface area contributed by atoms with Crippen molar-refractivity contribution in [1.82, 2.24) is 0 Å². The van der Waals surface area contributed by atoms with E-state index in [1.165, 1.54) is 73.2 Å². The summed E-state index contributed by atoms with van der Waals surface area (Å²) in [4.78, 5) is 14.0. The highest BCUT2D eigenvalue weighted by Gasteiger charge is 2.41. The highest BCUT2D eigenvalue weighted by Crippen LogP contribution is 2.36. The van der Waals surface area contributed by atoms with Crippen LogP contribution in [0.4, 0.5) is 0 Å². The van der Waals surface area contributed by atoms with E-state index < -0.39 is 11.7 Å². The number of rotatable bonds is 3. The molecule has 1 saturated carbocycles. The van der Waals surface area contributed by atoms with Crippen molar-refractivity contribution in [2.45, 2.75) is 51.0 Å². The molecule has 0 aromatic heterocycles. The zero-order valence-corrected chi connectivity index (χ0v) is 17.8. The summed E-state index contributed by atoms with van der Waals surface area (Å²) in [6.07, 6.45) is 7.70. The van der Waals surface area contributed by atoms with Crippen molar-refractivity contribution < 1.29 is 29.5 Å². The van der Waals surface area contributed by atoms with E-state index in [2.05, 4.69) is 24.0 Å². The van der Waals surface area contributed by atoms with Crippen LogP contribution in [0.2, 0.25) is 0 Å². The molecule has 4 rings (SSSR count). The van der Waals surface area contributed by atoms with Crippen LogP contribution >= 0.6 is 0 Å². The molecule has 2 aromatic carbocycles. The molecular formula is C24H29NO5. The van der Waals surface area contributed by atoms with E-state index in [9.17, 15) is 9.90 Å². The molecule has 6 nitrogen and oxygen atoms in total. The van der Waals surface area contributed by atoms with Gasteiger partial charge in [-0.3, -0.25) is 0 Å². The Hall–Kier alpha value is -3.02. The third kappa shape index (κ3) is 4.58. The minimum absolute atomic E-state index is 0.178. The number of aromatic carboxylic acids is 1. The van der Waals surface area contributed by atoms with Gasteiger partial charge in [-0.2, -0.15) is 0 Å². The molecule has 1 spiro atoms. The number of methoxy groups -OCH3 is 2. The summed E-state index contributed by atoms with van der Waals surface area (Å²) >= 11 is 0. The van der Waals surface area contributed by atoms with E-state index in [0.29, 0.717) is 0 Å².